The van der Waals surface area contributed by atoms with Gasteiger partial charge in [0, 0.05) is 17.5 Å². The molecule has 2 aromatic heterocycles. The average Bonchev–Trinajstić information content (AvgIpc) is 3.37. The third-order valence-electron chi connectivity index (χ3n) is 5.52. The van der Waals surface area contributed by atoms with Gasteiger partial charge in [0.2, 0.25) is 0 Å². The molecule has 1 aliphatic heterocycles. The molecule has 1 N–H and O–H groups in total. The standard InChI is InChI=1S/C22H21N3O2/c1-13-9-10-15-14(2)20(27-19(15)12-13)22(26)25-11-5-8-18(25)21-23-16-6-3-4-7-17(16)24-21/h3-4,6-7,9-10,12,18H,5,8,11H2,1-2H3,(H,23,24)/t18-/m1/s1. The maximum atomic E-state index is 13.3. The Labute approximate surface area is 157 Å². The summed E-state index contributed by atoms with van der Waals surface area (Å²) in [7, 11) is 0. The minimum absolute atomic E-state index is 0.0424. The van der Waals surface area contributed by atoms with Crippen LogP contribution < -0.4 is 0 Å². The van der Waals surface area contributed by atoms with Crippen LogP contribution in [-0.4, -0.2) is 27.3 Å². The molecule has 0 radical (unpaired) electrons. The number of rotatable bonds is 2. The van der Waals surface area contributed by atoms with E-state index in [4.69, 9.17) is 9.40 Å². The maximum absolute atomic E-state index is 13.3. The quantitative estimate of drug-likeness (QED) is 0.553. The van der Waals surface area contributed by atoms with E-state index >= 15 is 0 Å². The smallest absolute Gasteiger partial charge is 0.290 e. The molecular formula is C22H21N3O2. The summed E-state index contributed by atoms with van der Waals surface area (Å²) in [6.07, 6.45) is 1.87. The van der Waals surface area contributed by atoms with Gasteiger partial charge in [-0.1, -0.05) is 24.3 Å². The second-order valence-electron chi connectivity index (χ2n) is 7.35. The highest BCUT2D eigenvalue weighted by atomic mass is 16.3. The van der Waals surface area contributed by atoms with Crippen molar-refractivity contribution in [3.05, 3.63) is 65.2 Å². The number of imidazole rings is 1. The first-order valence-corrected chi connectivity index (χ1v) is 9.37. The number of carbonyl (C=O) groups is 1. The summed E-state index contributed by atoms with van der Waals surface area (Å²) in [5.41, 5.74) is 4.74. The molecule has 0 bridgehead atoms. The Morgan fingerprint density at radius 2 is 2.07 bits per heavy atom. The highest BCUT2D eigenvalue weighted by Crippen LogP contribution is 2.35. The summed E-state index contributed by atoms with van der Waals surface area (Å²) in [5.74, 6) is 1.24. The summed E-state index contributed by atoms with van der Waals surface area (Å²) >= 11 is 0. The average molecular weight is 359 g/mol. The third-order valence-corrected chi connectivity index (χ3v) is 5.52. The number of carbonyl (C=O) groups excluding carboxylic acids is 1. The van der Waals surface area contributed by atoms with E-state index in [1.165, 1.54) is 0 Å². The van der Waals surface area contributed by atoms with Crippen LogP contribution in [0.25, 0.3) is 22.0 Å². The molecule has 0 spiro atoms. The first-order chi connectivity index (χ1) is 13.1. The second-order valence-corrected chi connectivity index (χ2v) is 7.35. The lowest BCUT2D eigenvalue weighted by Gasteiger charge is -2.22. The van der Waals surface area contributed by atoms with Crippen molar-refractivity contribution in [2.75, 3.05) is 6.54 Å². The number of nitrogens with zero attached hydrogens (tertiary/aromatic N) is 2. The van der Waals surface area contributed by atoms with Gasteiger partial charge in [-0.3, -0.25) is 4.79 Å². The van der Waals surface area contributed by atoms with Crippen LogP contribution in [0, 0.1) is 13.8 Å². The van der Waals surface area contributed by atoms with E-state index in [-0.39, 0.29) is 11.9 Å². The second kappa shape index (κ2) is 5.98. The number of fused-ring (bicyclic) bond motifs is 2. The van der Waals surface area contributed by atoms with E-state index in [1.54, 1.807) is 0 Å². The Hall–Kier alpha value is -3.08. The summed E-state index contributed by atoms with van der Waals surface area (Å²) in [6, 6.07) is 14.0. The zero-order valence-corrected chi connectivity index (χ0v) is 15.5. The van der Waals surface area contributed by atoms with Gasteiger partial charge in [-0.25, -0.2) is 4.98 Å². The molecule has 0 unspecified atom stereocenters. The molecule has 1 atom stereocenters. The van der Waals surface area contributed by atoms with Gasteiger partial charge in [-0.2, -0.15) is 0 Å². The number of furan rings is 1. The predicted octanol–water partition coefficient (Wildman–Crippen LogP) is 4.90. The number of hydrogen-bond donors (Lipinski definition) is 1. The van der Waals surface area contributed by atoms with Crippen LogP contribution in [0.5, 0.6) is 0 Å². The molecule has 27 heavy (non-hydrogen) atoms. The number of H-pyrrole nitrogens is 1. The molecule has 5 rings (SSSR count). The number of benzene rings is 2. The van der Waals surface area contributed by atoms with Gasteiger partial charge in [0.25, 0.3) is 5.91 Å². The Morgan fingerprint density at radius 1 is 1.22 bits per heavy atom. The van der Waals surface area contributed by atoms with Gasteiger partial charge in [0.1, 0.15) is 11.4 Å². The number of aromatic nitrogens is 2. The van der Waals surface area contributed by atoms with E-state index in [2.05, 4.69) is 4.98 Å². The molecule has 2 aromatic carbocycles. The summed E-state index contributed by atoms with van der Waals surface area (Å²) in [6.45, 7) is 4.70. The molecule has 0 aliphatic carbocycles. The molecule has 5 heteroatoms. The van der Waals surface area contributed by atoms with Crippen LogP contribution in [0.3, 0.4) is 0 Å². The Kier molecular flexibility index (Phi) is 3.57. The number of amides is 1. The maximum Gasteiger partial charge on any atom is 0.290 e. The molecule has 1 amide bonds. The Morgan fingerprint density at radius 3 is 2.93 bits per heavy atom. The molecule has 5 nitrogen and oxygen atoms in total. The Balaban J connectivity index is 1.53. The lowest BCUT2D eigenvalue weighted by molar-refractivity contribution is 0.0699. The molecule has 1 aliphatic rings. The molecular weight excluding hydrogens is 338 g/mol. The van der Waals surface area contributed by atoms with Crippen molar-refractivity contribution in [1.82, 2.24) is 14.9 Å². The monoisotopic (exact) mass is 359 g/mol. The highest BCUT2D eigenvalue weighted by molar-refractivity contribution is 5.99. The zero-order chi connectivity index (χ0) is 18.5. The van der Waals surface area contributed by atoms with Crippen molar-refractivity contribution in [2.24, 2.45) is 0 Å². The molecule has 1 saturated heterocycles. The van der Waals surface area contributed by atoms with E-state index in [0.29, 0.717) is 5.76 Å². The molecule has 0 saturated carbocycles. The van der Waals surface area contributed by atoms with Crippen LogP contribution >= 0.6 is 0 Å². The summed E-state index contributed by atoms with van der Waals surface area (Å²) in [4.78, 5) is 23.3. The van der Waals surface area contributed by atoms with Crippen LogP contribution in [-0.2, 0) is 0 Å². The van der Waals surface area contributed by atoms with Crippen LogP contribution in [0.1, 0.15) is 46.4 Å². The topological polar surface area (TPSA) is 62.1 Å². The van der Waals surface area contributed by atoms with Crippen molar-refractivity contribution in [3.63, 3.8) is 0 Å². The first kappa shape index (κ1) is 16.1. The fourth-order valence-corrected chi connectivity index (χ4v) is 4.09. The van der Waals surface area contributed by atoms with Crippen molar-refractivity contribution in [2.45, 2.75) is 32.7 Å². The largest absolute Gasteiger partial charge is 0.451 e. The van der Waals surface area contributed by atoms with Gasteiger partial charge in [0.05, 0.1) is 17.1 Å². The van der Waals surface area contributed by atoms with Gasteiger partial charge >= 0.3 is 0 Å². The number of nitrogens with one attached hydrogen (secondary N) is 1. The van der Waals surface area contributed by atoms with Gasteiger partial charge < -0.3 is 14.3 Å². The minimum atomic E-state index is -0.0516. The van der Waals surface area contributed by atoms with Crippen molar-refractivity contribution in [1.29, 1.82) is 0 Å². The molecule has 4 aromatic rings. The number of likely N-dealkylation sites (tertiary alicyclic amines) is 1. The van der Waals surface area contributed by atoms with Gasteiger partial charge in [-0.15, -0.1) is 0 Å². The van der Waals surface area contributed by atoms with Gasteiger partial charge in [0.15, 0.2) is 5.76 Å². The number of aryl methyl sites for hydroxylation is 2. The van der Waals surface area contributed by atoms with Crippen molar-refractivity contribution >= 4 is 27.9 Å². The normalized spacial score (nSPS) is 17.3. The Bertz CT molecular complexity index is 1140. The number of aromatic amines is 1. The number of para-hydroxylation sites is 2. The molecule has 1 fully saturated rings. The lowest BCUT2D eigenvalue weighted by Crippen LogP contribution is -2.31. The third kappa shape index (κ3) is 2.53. The summed E-state index contributed by atoms with van der Waals surface area (Å²) < 4.78 is 5.98. The zero-order valence-electron chi connectivity index (χ0n) is 15.5. The molecule has 136 valence electrons. The van der Waals surface area contributed by atoms with E-state index in [1.807, 2.05) is 61.2 Å². The van der Waals surface area contributed by atoms with Crippen molar-refractivity contribution < 1.29 is 9.21 Å². The highest BCUT2D eigenvalue weighted by Gasteiger charge is 2.35. The fraction of sp³-hybridized carbons (Fsp3) is 0.273. The van der Waals surface area contributed by atoms with Gasteiger partial charge in [-0.05, 0) is 50.5 Å². The fourth-order valence-electron chi connectivity index (χ4n) is 4.09. The number of hydrogen-bond acceptors (Lipinski definition) is 3. The van der Waals surface area contributed by atoms with Crippen molar-refractivity contribution in [3.8, 4) is 0 Å². The summed E-state index contributed by atoms with van der Waals surface area (Å²) in [5, 5.41) is 1.00. The van der Waals surface area contributed by atoms with E-state index in [9.17, 15) is 4.79 Å². The minimum Gasteiger partial charge on any atom is -0.451 e. The predicted molar refractivity (Wildman–Crippen MR) is 105 cm³/mol. The lowest BCUT2D eigenvalue weighted by atomic mass is 10.1. The first-order valence-electron chi connectivity index (χ1n) is 9.37. The van der Waals surface area contributed by atoms with Crippen LogP contribution in [0.4, 0.5) is 0 Å². The SMILES string of the molecule is Cc1ccc2c(C)c(C(=O)N3CCC[C@@H]3c3nc4ccccc4[nH]3)oc2c1. The van der Waals surface area contributed by atoms with Crippen LogP contribution in [0.15, 0.2) is 46.9 Å². The van der Waals surface area contributed by atoms with E-state index < -0.39 is 0 Å². The van der Waals surface area contributed by atoms with E-state index in [0.717, 1.165) is 58.3 Å². The van der Waals surface area contributed by atoms with Crippen LogP contribution in [0.2, 0.25) is 0 Å². The molecule has 3 heterocycles.